The quantitative estimate of drug-likeness (QED) is 0.772. The molecule has 0 radical (unpaired) electrons. The normalized spacial score (nSPS) is 32.2. The molecule has 0 aromatic heterocycles. The van der Waals surface area contributed by atoms with Gasteiger partial charge in [-0.25, -0.2) is 0 Å². The van der Waals surface area contributed by atoms with Gasteiger partial charge in [0.05, 0.1) is 0 Å². The summed E-state index contributed by atoms with van der Waals surface area (Å²) in [5.41, 5.74) is 0.545. The van der Waals surface area contributed by atoms with Crippen molar-refractivity contribution in [2.75, 3.05) is 31.6 Å². The van der Waals surface area contributed by atoms with E-state index in [0.29, 0.717) is 5.54 Å². The Kier molecular flexibility index (Phi) is 4.21. The van der Waals surface area contributed by atoms with Crippen LogP contribution >= 0.6 is 11.8 Å². The van der Waals surface area contributed by atoms with Gasteiger partial charge in [-0.3, -0.25) is 4.90 Å². The van der Waals surface area contributed by atoms with Gasteiger partial charge < -0.3 is 5.32 Å². The summed E-state index contributed by atoms with van der Waals surface area (Å²) in [6.07, 6.45) is 12.3. The molecule has 0 aromatic carbocycles. The molecule has 18 heavy (non-hydrogen) atoms. The highest BCUT2D eigenvalue weighted by molar-refractivity contribution is 7.98. The molecule has 3 rings (SSSR count). The van der Waals surface area contributed by atoms with Gasteiger partial charge in [-0.05, 0) is 56.6 Å². The molecule has 3 aliphatic rings. The maximum absolute atomic E-state index is 3.89. The molecular weight excluding hydrogens is 240 g/mol. The number of rotatable bonds is 5. The third kappa shape index (κ3) is 2.73. The zero-order valence-electron chi connectivity index (χ0n) is 11.8. The van der Waals surface area contributed by atoms with Gasteiger partial charge in [-0.15, -0.1) is 0 Å². The van der Waals surface area contributed by atoms with E-state index in [1.807, 2.05) is 11.8 Å². The monoisotopic (exact) mass is 268 g/mol. The largest absolute Gasteiger partial charge is 0.311 e. The number of hydrogen-bond acceptors (Lipinski definition) is 3. The van der Waals surface area contributed by atoms with E-state index < -0.39 is 0 Å². The highest BCUT2D eigenvalue weighted by atomic mass is 32.2. The van der Waals surface area contributed by atoms with Crippen LogP contribution in [-0.4, -0.2) is 48.1 Å². The van der Waals surface area contributed by atoms with Crippen LogP contribution in [0.4, 0.5) is 0 Å². The Hall–Kier alpha value is 0.270. The minimum Gasteiger partial charge on any atom is -0.311 e. The van der Waals surface area contributed by atoms with Crippen molar-refractivity contribution in [3.63, 3.8) is 0 Å². The van der Waals surface area contributed by atoms with Crippen molar-refractivity contribution in [3.05, 3.63) is 0 Å². The Balaban J connectivity index is 1.61. The van der Waals surface area contributed by atoms with Crippen molar-refractivity contribution in [1.82, 2.24) is 10.2 Å². The third-order valence-corrected chi connectivity index (χ3v) is 5.98. The van der Waals surface area contributed by atoms with Gasteiger partial charge in [-0.2, -0.15) is 11.8 Å². The third-order valence-electron chi connectivity index (χ3n) is 5.28. The topological polar surface area (TPSA) is 15.3 Å². The van der Waals surface area contributed by atoms with Crippen LogP contribution in [0.25, 0.3) is 0 Å². The Morgan fingerprint density at radius 2 is 2.06 bits per heavy atom. The fraction of sp³-hybridized carbons (Fsp3) is 1.00. The van der Waals surface area contributed by atoms with Crippen LogP contribution in [0.2, 0.25) is 0 Å². The van der Waals surface area contributed by atoms with E-state index in [2.05, 4.69) is 16.5 Å². The first kappa shape index (κ1) is 13.3. The highest BCUT2D eigenvalue weighted by Crippen LogP contribution is 2.41. The molecule has 1 atom stereocenters. The van der Waals surface area contributed by atoms with Crippen LogP contribution in [0, 0.1) is 5.92 Å². The average Bonchev–Trinajstić information content (AvgIpc) is 3.13. The summed E-state index contributed by atoms with van der Waals surface area (Å²) in [7, 11) is 0. The zero-order valence-corrected chi connectivity index (χ0v) is 12.6. The van der Waals surface area contributed by atoms with Crippen molar-refractivity contribution in [2.24, 2.45) is 5.92 Å². The van der Waals surface area contributed by atoms with Crippen LogP contribution in [0.1, 0.15) is 44.9 Å². The predicted molar refractivity (Wildman–Crippen MR) is 80.3 cm³/mol. The van der Waals surface area contributed by atoms with E-state index in [1.54, 1.807) is 0 Å². The first-order chi connectivity index (χ1) is 8.84. The number of nitrogens with zero attached hydrogens (tertiary/aromatic N) is 1. The van der Waals surface area contributed by atoms with Crippen molar-refractivity contribution in [3.8, 4) is 0 Å². The summed E-state index contributed by atoms with van der Waals surface area (Å²) in [5.74, 6) is 2.33. The van der Waals surface area contributed by atoms with Crippen molar-refractivity contribution >= 4 is 11.8 Å². The van der Waals surface area contributed by atoms with Crippen LogP contribution in [0.5, 0.6) is 0 Å². The van der Waals surface area contributed by atoms with Gasteiger partial charge in [-0.1, -0.05) is 12.8 Å². The zero-order chi connectivity index (χ0) is 12.4. The van der Waals surface area contributed by atoms with Crippen LogP contribution in [0.15, 0.2) is 0 Å². The van der Waals surface area contributed by atoms with Gasteiger partial charge in [0.25, 0.3) is 0 Å². The SMILES string of the molecule is CSCCCN1CC(C2CC2)NCC12CCCC2. The molecule has 1 unspecified atom stereocenters. The lowest BCUT2D eigenvalue weighted by Gasteiger charge is -2.48. The molecule has 104 valence electrons. The average molecular weight is 268 g/mol. The minimum atomic E-state index is 0.545. The van der Waals surface area contributed by atoms with Gasteiger partial charge in [0.2, 0.25) is 0 Å². The molecule has 1 heterocycles. The second-order valence-electron chi connectivity index (χ2n) is 6.55. The van der Waals surface area contributed by atoms with Crippen LogP contribution in [0.3, 0.4) is 0 Å². The number of hydrogen-bond donors (Lipinski definition) is 1. The Labute approximate surface area is 116 Å². The number of thioether (sulfide) groups is 1. The van der Waals surface area contributed by atoms with E-state index in [4.69, 9.17) is 0 Å². The lowest BCUT2D eigenvalue weighted by molar-refractivity contribution is 0.0387. The van der Waals surface area contributed by atoms with Gasteiger partial charge >= 0.3 is 0 Å². The van der Waals surface area contributed by atoms with E-state index in [-0.39, 0.29) is 0 Å². The lowest BCUT2D eigenvalue weighted by atomic mass is 9.89. The Bertz CT molecular complexity index is 272. The van der Waals surface area contributed by atoms with Crippen molar-refractivity contribution < 1.29 is 0 Å². The first-order valence-electron chi connectivity index (χ1n) is 7.81. The number of piperazine rings is 1. The van der Waals surface area contributed by atoms with E-state index in [0.717, 1.165) is 12.0 Å². The lowest BCUT2D eigenvalue weighted by Crippen LogP contribution is -2.64. The fourth-order valence-electron chi connectivity index (χ4n) is 4.00. The molecule has 1 saturated heterocycles. The number of nitrogens with one attached hydrogen (secondary N) is 1. The fourth-order valence-corrected chi connectivity index (χ4v) is 4.41. The molecule has 0 bridgehead atoms. The molecule has 2 aliphatic carbocycles. The first-order valence-corrected chi connectivity index (χ1v) is 9.21. The molecule has 1 aliphatic heterocycles. The highest BCUT2D eigenvalue weighted by Gasteiger charge is 2.45. The van der Waals surface area contributed by atoms with Gasteiger partial charge in [0.15, 0.2) is 0 Å². The summed E-state index contributed by atoms with van der Waals surface area (Å²) < 4.78 is 0. The molecule has 1 N–H and O–H groups in total. The minimum absolute atomic E-state index is 0.545. The van der Waals surface area contributed by atoms with Crippen molar-refractivity contribution in [2.45, 2.75) is 56.5 Å². The molecule has 3 heteroatoms. The summed E-state index contributed by atoms with van der Waals surface area (Å²) >= 11 is 2.00. The smallest absolute Gasteiger partial charge is 0.0334 e. The molecule has 0 aromatic rings. The van der Waals surface area contributed by atoms with E-state index in [9.17, 15) is 0 Å². The summed E-state index contributed by atoms with van der Waals surface area (Å²) in [6.45, 7) is 3.94. The molecule has 2 saturated carbocycles. The molecular formula is C15H28N2S. The summed E-state index contributed by atoms with van der Waals surface area (Å²) in [6, 6.07) is 0.811. The Morgan fingerprint density at radius 3 is 2.72 bits per heavy atom. The molecule has 0 amide bonds. The van der Waals surface area contributed by atoms with Crippen LogP contribution in [-0.2, 0) is 0 Å². The second kappa shape index (κ2) is 5.72. The molecule has 3 fully saturated rings. The maximum atomic E-state index is 3.89. The van der Waals surface area contributed by atoms with E-state index in [1.165, 1.54) is 70.3 Å². The van der Waals surface area contributed by atoms with Gasteiger partial charge in [0, 0.05) is 24.7 Å². The Morgan fingerprint density at radius 1 is 1.28 bits per heavy atom. The van der Waals surface area contributed by atoms with Crippen LogP contribution < -0.4 is 5.32 Å². The van der Waals surface area contributed by atoms with Gasteiger partial charge in [0.1, 0.15) is 0 Å². The summed E-state index contributed by atoms with van der Waals surface area (Å²) in [4.78, 5) is 2.88. The molecule has 1 spiro atoms. The summed E-state index contributed by atoms with van der Waals surface area (Å²) in [5, 5.41) is 3.89. The van der Waals surface area contributed by atoms with E-state index >= 15 is 0 Å². The maximum Gasteiger partial charge on any atom is 0.0334 e. The van der Waals surface area contributed by atoms with Crippen molar-refractivity contribution in [1.29, 1.82) is 0 Å². The standard InChI is InChI=1S/C15H28N2S/c1-18-10-4-9-17-11-14(13-5-6-13)16-12-15(17)7-2-3-8-15/h13-14,16H,2-12H2,1H3. The molecule has 2 nitrogen and oxygen atoms in total. The predicted octanol–water partition coefficient (Wildman–Crippen LogP) is 2.74. The second-order valence-corrected chi connectivity index (χ2v) is 7.53.